The van der Waals surface area contributed by atoms with Crippen molar-refractivity contribution >= 4 is 29.5 Å². The maximum absolute atomic E-state index is 12.3. The summed E-state index contributed by atoms with van der Waals surface area (Å²) in [6, 6.07) is -0.430. The number of urea groups is 1. The molecule has 0 aromatic carbocycles. The van der Waals surface area contributed by atoms with Gasteiger partial charge < -0.3 is 5.32 Å². The third-order valence-electron chi connectivity index (χ3n) is 3.41. The first-order valence-corrected chi connectivity index (χ1v) is 7.17. The van der Waals surface area contributed by atoms with Crippen LogP contribution in [0.5, 0.6) is 0 Å². The molecule has 1 spiro atoms. The van der Waals surface area contributed by atoms with E-state index in [4.69, 9.17) is 0 Å². The topological polar surface area (TPSA) is 66.5 Å². The summed E-state index contributed by atoms with van der Waals surface area (Å²) < 4.78 is 0. The van der Waals surface area contributed by atoms with Crippen LogP contribution in [0.25, 0.3) is 0 Å². The van der Waals surface area contributed by atoms with E-state index in [0.717, 1.165) is 10.7 Å². The molecule has 1 N–H and O–H groups in total. The first kappa shape index (κ1) is 13.4. The molecule has 0 aromatic heterocycles. The fraction of sp³-hybridized carbons (Fsp3) is 0.750. The highest BCUT2D eigenvalue weighted by Crippen LogP contribution is 2.33. The van der Waals surface area contributed by atoms with E-state index < -0.39 is 17.0 Å². The van der Waals surface area contributed by atoms with E-state index in [-0.39, 0.29) is 18.2 Å². The van der Waals surface area contributed by atoms with Crippen molar-refractivity contribution in [2.75, 3.05) is 18.1 Å². The zero-order valence-corrected chi connectivity index (χ0v) is 11.7. The van der Waals surface area contributed by atoms with E-state index in [1.807, 2.05) is 0 Å². The Labute approximate surface area is 111 Å². The number of hydrogen-bond acceptors (Lipinski definition) is 4. The van der Waals surface area contributed by atoms with Gasteiger partial charge in [0.05, 0.1) is 6.54 Å². The lowest BCUT2D eigenvalue weighted by atomic mass is 9.90. The lowest BCUT2D eigenvalue weighted by molar-refractivity contribution is -0.136. The molecule has 0 aliphatic carbocycles. The highest BCUT2D eigenvalue weighted by molar-refractivity contribution is 7.99. The van der Waals surface area contributed by atoms with Crippen LogP contribution in [0, 0.1) is 5.41 Å². The molecule has 6 heteroatoms. The van der Waals surface area contributed by atoms with Crippen LogP contribution in [0.4, 0.5) is 4.79 Å². The van der Waals surface area contributed by atoms with Gasteiger partial charge in [-0.3, -0.25) is 14.5 Å². The van der Waals surface area contributed by atoms with Gasteiger partial charge in [-0.15, -0.1) is 0 Å². The molecule has 0 saturated carbocycles. The normalized spacial score (nSPS) is 28.1. The molecule has 3 amide bonds. The van der Waals surface area contributed by atoms with E-state index in [1.54, 1.807) is 32.5 Å². The Kier molecular flexibility index (Phi) is 3.17. The summed E-state index contributed by atoms with van der Waals surface area (Å²) in [6.45, 7) is 5.24. The second kappa shape index (κ2) is 4.26. The largest absolute Gasteiger partial charge is 0.325 e. The average Bonchev–Trinajstić information content (AvgIpc) is 2.79. The minimum absolute atomic E-state index is 0.103. The van der Waals surface area contributed by atoms with Crippen molar-refractivity contribution in [1.29, 1.82) is 0 Å². The van der Waals surface area contributed by atoms with E-state index in [0.29, 0.717) is 12.2 Å². The first-order valence-electron chi connectivity index (χ1n) is 6.01. The summed E-state index contributed by atoms with van der Waals surface area (Å²) in [5, 5.41) is 2.75. The zero-order valence-electron chi connectivity index (χ0n) is 10.9. The summed E-state index contributed by atoms with van der Waals surface area (Å²) in [7, 11) is 0. The molecular weight excluding hydrogens is 252 g/mol. The van der Waals surface area contributed by atoms with E-state index in [2.05, 4.69) is 5.32 Å². The second-order valence-electron chi connectivity index (χ2n) is 5.88. The number of carbonyl (C=O) groups is 3. The number of hydrogen-bond donors (Lipinski definition) is 1. The van der Waals surface area contributed by atoms with Crippen molar-refractivity contribution in [3.05, 3.63) is 0 Å². The summed E-state index contributed by atoms with van der Waals surface area (Å²) >= 11 is 1.66. The van der Waals surface area contributed by atoms with Crippen LogP contribution >= 0.6 is 11.8 Å². The molecular formula is C12H18N2O3S. The SMILES string of the molecule is CC(C)(C)C(=O)CN1C(=O)N[C@]2(CCSC2)C1=O. The highest BCUT2D eigenvalue weighted by atomic mass is 32.2. The molecule has 2 aliphatic heterocycles. The lowest BCUT2D eigenvalue weighted by Gasteiger charge is -2.22. The molecule has 2 fully saturated rings. The standard InChI is InChI=1S/C12H18N2O3S/c1-11(2,3)8(15)6-14-9(16)12(13-10(14)17)4-5-18-7-12/h4-7H2,1-3H3,(H,13,17)/t12-/m0/s1. The summed E-state index contributed by atoms with van der Waals surface area (Å²) in [5.74, 6) is 1.13. The Morgan fingerprint density at radius 3 is 2.61 bits per heavy atom. The first-order chi connectivity index (χ1) is 8.26. The van der Waals surface area contributed by atoms with Gasteiger partial charge in [0.2, 0.25) is 0 Å². The van der Waals surface area contributed by atoms with Gasteiger partial charge in [0.1, 0.15) is 5.54 Å². The number of imide groups is 1. The van der Waals surface area contributed by atoms with Crippen LogP contribution < -0.4 is 5.32 Å². The molecule has 5 nitrogen and oxygen atoms in total. The Morgan fingerprint density at radius 2 is 2.11 bits per heavy atom. The van der Waals surface area contributed by atoms with Gasteiger partial charge in [-0.25, -0.2) is 4.79 Å². The van der Waals surface area contributed by atoms with Crippen LogP contribution in [0.2, 0.25) is 0 Å². The van der Waals surface area contributed by atoms with Gasteiger partial charge in [-0.1, -0.05) is 20.8 Å². The number of amides is 3. The number of thioether (sulfide) groups is 1. The van der Waals surface area contributed by atoms with Gasteiger partial charge in [-0.05, 0) is 12.2 Å². The number of ketones is 1. The predicted molar refractivity (Wildman–Crippen MR) is 69.4 cm³/mol. The monoisotopic (exact) mass is 270 g/mol. The van der Waals surface area contributed by atoms with Crippen molar-refractivity contribution in [2.24, 2.45) is 5.41 Å². The van der Waals surface area contributed by atoms with Crippen molar-refractivity contribution < 1.29 is 14.4 Å². The number of nitrogens with one attached hydrogen (secondary N) is 1. The van der Waals surface area contributed by atoms with Crippen LogP contribution in [0.1, 0.15) is 27.2 Å². The Hall–Kier alpha value is -1.04. The summed E-state index contributed by atoms with van der Waals surface area (Å²) in [4.78, 5) is 37.1. The van der Waals surface area contributed by atoms with E-state index in [9.17, 15) is 14.4 Å². The predicted octanol–water partition coefficient (Wildman–Crippen LogP) is 1.03. The smallest absolute Gasteiger partial charge is 0.322 e. The fourth-order valence-corrected chi connectivity index (χ4v) is 3.36. The molecule has 0 aromatic rings. The maximum atomic E-state index is 12.3. The van der Waals surface area contributed by atoms with E-state index in [1.165, 1.54) is 0 Å². The zero-order chi connectivity index (χ0) is 13.6. The van der Waals surface area contributed by atoms with Crippen molar-refractivity contribution in [3.63, 3.8) is 0 Å². The van der Waals surface area contributed by atoms with E-state index >= 15 is 0 Å². The summed E-state index contributed by atoms with van der Waals surface area (Å²) in [5.41, 5.74) is -1.29. The number of rotatable bonds is 2. The number of Topliss-reactive ketones (excluding diaryl/α,β-unsaturated/α-hetero) is 1. The van der Waals surface area contributed by atoms with Gasteiger partial charge >= 0.3 is 6.03 Å². The minimum atomic E-state index is -0.750. The molecule has 0 radical (unpaired) electrons. The van der Waals surface area contributed by atoms with Crippen LogP contribution in [-0.2, 0) is 9.59 Å². The third-order valence-corrected chi connectivity index (χ3v) is 4.60. The maximum Gasteiger partial charge on any atom is 0.325 e. The van der Waals surface area contributed by atoms with Crippen molar-refractivity contribution in [3.8, 4) is 0 Å². The van der Waals surface area contributed by atoms with Gasteiger partial charge in [0.25, 0.3) is 5.91 Å². The molecule has 0 unspecified atom stereocenters. The van der Waals surface area contributed by atoms with Crippen LogP contribution in [0.15, 0.2) is 0 Å². The molecule has 2 aliphatic rings. The number of carbonyl (C=O) groups excluding carboxylic acids is 3. The van der Waals surface area contributed by atoms with Gasteiger partial charge in [0, 0.05) is 11.2 Å². The Balaban J connectivity index is 2.13. The average molecular weight is 270 g/mol. The van der Waals surface area contributed by atoms with Gasteiger partial charge in [0.15, 0.2) is 5.78 Å². The number of nitrogens with zero attached hydrogens (tertiary/aromatic N) is 1. The van der Waals surface area contributed by atoms with Crippen LogP contribution in [-0.4, -0.2) is 46.2 Å². The molecule has 100 valence electrons. The quantitative estimate of drug-likeness (QED) is 0.761. The molecule has 2 rings (SSSR count). The molecule has 0 bridgehead atoms. The molecule has 2 heterocycles. The van der Waals surface area contributed by atoms with Crippen molar-refractivity contribution in [1.82, 2.24) is 10.2 Å². The fourth-order valence-electron chi connectivity index (χ4n) is 2.03. The Bertz CT molecular complexity index is 408. The minimum Gasteiger partial charge on any atom is -0.322 e. The highest BCUT2D eigenvalue weighted by Gasteiger charge is 2.53. The molecule has 1 atom stereocenters. The molecule has 18 heavy (non-hydrogen) atoms. The lowest BCUT2D eigenvalue weighted by Crippen LogP contribution is -2.47. The third kappa shape index (κ3) is 2.13. The van der Waals surface area contributed by atoms with Gasteiger partial charge in [-0.2, -0.15) is 11.8 Å². The van der Waals surface area contributed by atoms with Crippen molar-refractivity contribution in [2.45, 2.75) is 32.7 Å². The van der Waals surface area contributed by atoms with Crippen LogP contribution in [0.3, 0.4) is 0 Å². The molecule has 2 saturated heterocycles. The summed E-state index contributed by atoms with van der Waals surface area (Å²) in [6.07, 6.45) is 0.655. The second-order valence-corrected chi connectivity index (χ2v) is 6.98. The Morgan fingerprint density at radius 1 is 1.44 bits per heavy atom.